The van der Waals surface area contributed by atoms with E-state index in [-0.39, 0.29) is 5.41 Å². The lowest BCUT2D eigenvalue weighted by molar-refractivity contribution is 0.644. The normalized spacial score (nSPS) is 13.1. The Morgan fingerprint density at radius 3 is 1.05 bits per heavy atom. The lowest BCUT2D eigenvalue weighted by Gasteiger charge is -2.34. The Hall–Kier alpha value is -7.16. The van der Waals surface area contributed by atoms with Gasteiger partial charge in [0.25, 0.3) is 0 Å². The fourth-order valence-corrected chi connectivity index (χ4v) is 7.83. The molecule has 0 amide bonds. The Morgan fingerprint density at radius 1 is 0.357 bits per heavy atom. The standard InChI is InChI=1S/C54H42N2/c1-5-13-41(14-6-1)44-23-31-51(32-24-44)56(52-33-25-45(26-34-52)42-15-7-2-8-16-42)53-35-27-46(28-36-53)43-21-29-49(30-22-43)55-50-37-39-54(40-38-50,47-17-9-3-10-18-47)48-19-11-4-12-20-48/h1-39,55H,40H2. The van der Waals surface area contributed by atoms with Crippen LogP contribution in [0.1, 0.15) is 17.5 Å². The van der Waals surface area contributed by atoms with Gasteiger partial charge in [0.2, 0.25) is 0 Å². The van der Waals surface area contributed by atoms with Gasteiger partial charge < -0.3 is 10.2 Å². The average Bonchev–Trinajstić information content (AvgIpc) is 3.29. The van der Waals surface area contributed by atoms with Gasteiger partial charge >= 0.3 is 0 Å². The Kier molecular flexibility index (Phi) is 9.68. The van der Waals surface area contributed by atoms with Gasteiger partial charge in [0, 0.05) is 33.9 Å². The molecule has 1 aliphatic carbocycles. The molecule has 0 aliphatic heterocycles. The summed E-state index contributed by atoms with van der Waals surface area (Å²) in [7, 11) is 0. The number of anilines is 4. The lowest BCUT2D eigenvalue weighted by Crippen LogP contribution is -2.27. The second-order valence-electron chi connectivity index (χ2n) is 14.3. The molecule has 9 rings (SSSR count). The van der Waals surface area contributed by atoms with Gasteiger partial charge in [-0.1, -0.05) is 182 Å². The molecule has 0 heterocycles. The number of allylic oxidation sites excluding steroid dienone is 3. The van der Waals surface area contributed by atoms with Gasteiger partial charge in [0.1, 0.15) is 0 Å². The molecule has 0 radical (unpaired) electrons. The minimum atomic E-state index is -0.184. The number of benzene rings is 8. The zero-order valence-electron chi connectivity index (χ0n) is 31.2. The van der Waals surface area contributed by atoms with Gasteiger partial charge in [-0.05, 0) is 106 Å². The van der Waals surface area contributed by atoms with Crippen LogP contribution in [0.25, 0.3) is 33.4 Å². The van der Waals surface area contributed by atoms with E-state index in [4.69, 9.17) is 0 Å². The molecule has 268 valence electrons. The summed E-state index contributed by atoms with van der Waals surface area (Å²) in [6, 6.07) is 78.1. The first kappa shape index (κ1) is 34.6. The number of nitrogens with zero attached hydrogens (tertiary/aromatic N) is 1. The van der Waals surface area contributed by atoms with E-state index in [0.717, 1.165) is 34.9 Å². The van der Waals surface area contributed by atoms with Crippen LogP contribution >= 0.6 is 0 Å². The van der Waals surface area contributed by atoms with E-state index in [1.165, 1.54) is 44.5 Å². The highest BCUT2D eigenvalue weighted by Gasteiger charge is 2.32. The van der Waals surface area contributed by atoms with Crippen LogP contribution < -0.4 is 10.2 Å². The molecule has 0 fully saturated rings. The number of nitrogens with one attached hydrogen (secondary N) is 1. The van der Waals surface area contributed by atoms with Crippen molar-refractivity contribution in [3.05, 3.63) is 253 Å². The van der Waals surface area contributed by atoms with Crippen molar-refractivity contribution >= 4 is 22.7 Å². The summed E-state index contributed by atoms with van der Waals surface area (Å²) in [6.07, 6.45) is 7.79. The third-order valence-electron chi connectivity index (χ3n) is 10.9. The first-order valence-corrected chi connectivity index (χ1v) is 19.3. The van der Waals surface area contributed by atoms with Crippen LogP contribution in [0, 0.1) is 0 Å². The minimum Gasteiger partial charge on any atom is -0.356 e. The average molecular weight is 719 g/mol. The molecule has 8 aromatic rings. The van der Waals surface area contributed by atoms with Crippen LogP contribution in [0.2, 0.25) is 0 Å². The predicted octanol–water partition coefficient (Wildman–Crippen LogP) is 14.4. The van der Waals surface area contributed by atoms with Crippen molar-refractivity contribution < 1.29 is 0 Å². The Labute approximate surface area is 330 Å². The molecule has 0 spiro atoms. The third-order valence-corrected chi connectivity index (χ3v) is 10.9. The summed E-state index contributed by atoms with van der Waals surface area (Å²) in [5, 5.41) is 3.66. The smallest absolute Gasteiger partial charge is 0.0462 e. The molecule has 0 unspecified atom stereocenters. The Morgan fingerprint density at radius 2 is 0.696 bits per heavy atom. The van der Waals surface area contributed by atoms with E-state index in [2.05, 4.69) is 247 Å². The molecular formula is C54H42N2. The lowest BCUT2D eigenvalue weighted by atomic mass is 9.70. The van der Waals surface area contributed by atoms with E-state index >= 15 is 0 Å². The molecular weight excluding hydrogens is 677 g/mol. The van der Waals surface area contributed by atoms with Crippen LogP contribution in [0.15, 0.2) is 242 Å². The molecule has 2 nitrogen and oxygen atoms in total. The zero-order chi connectivity index (χ0) is 37.6. The van der Waals surface area contributed by atoms with Crippen LogP contribution in [0.3, 0.4) is 0 Å². The van der Waals surface area contributed by atoms with Crippen molar-refractivity contribution in [3.63, 3.8) is 0 Å². The fraction of sp³-hybridized carbons (Fsp3) is 0.0370. The number of hydrogen-bond acceptors (Lipinski definition) is 2. The maximum Gasteiger partial charge on any atom is 0.0462 e. The Balaban J connectivity index is 0.945. The van der Waals surface area contributed by atoms with Crippen molar-refractivity contribution in [1.29, 1.82) is 0 Å². The molecule has 0 atom stereocenters. The van der Waals surface area contributed by atoms with Gasteiger partial charge in [-0.25, -0.2) is 0 Å². The van der Waals surface area contributed by atoms with Crippen molar-refractivity contribution in [2.75, 3.05) is 10.2 Å². The molecule has 56 heavy (non-hydrogen) atoms. The van der Waals surface area contributed by atoms with Crippen LogP contribution in [0.4, 0.5) is 22.7 Å². The maximum absolute atomic E-state index is 3.66. The monoisotopic (exact) mass is 718 g/mol. The van der Waals surface area contributed by atoms with E-state index in [1.807, 2.05) is 0 Å². The van der Waals surface area contributed by atoms with Crippen LogP contribution in [-0.4, -0.2) is 0 Å². The summed E-state index contributed by atoms with van der Waals surface area (Å²) < 4.78 is 0. The van der Waals surface area contributed by atoms with Crippen molar-refractivity contribution in [2.24, 2.45) is 0 Å². The summed E-state index contributed by atoms with van der Waals surface area (Å²) in [5.74, 6) is 0. The highest BCUT2D eigenvalue weighted by atomic mass is 15.1. The summed E-state index contributed by atoms with van der Waals surface area (Å²) in [4.78, 5) is 2.33. The molecule has 0 saturated carbocycles. The zero-order valence-corrected chi connectivity index (χ0v) is 31.2. The SMILES string of the molecule is C1=CC(c2ccccc2)(c2ccccc2)CC=C1Nc1ccc(-c2ccc(N(c3ccc(-c4ccccc4)cc3)c3ccc(-c4ccccc4)cc3)cc2)cc1. The summed E-state index contributed by atoms with van der Waals surface area (Å²) >= 11 is 0. The summed E-state index contributed by atoms with van der Waals surface area (Å²) in [5.41, 5.74) is 15.1. The van der Waals surface area contributed by atoms with Gasteiger partial charge in [-0.15, -0.1) is 0 Å². The van der Waals surface area contributed by atoms with Gasteiger partial charge in [0.15, 0.2) is 0 Å². The third kappa shape index (κ3) is 7.21. The summed E-state index contributed by atoms with van der Waals surface area (Å²) in [6.45, 7) is 0. The molecule has 0 saturated heterocycles. The second kappa shape index (κ2) is 15.7. The van der Waals surface area contributed by atoms with Gasteiger partial charge in [-0.3, -0.25) is 0 Å². The molecule has 1 N–H and O–H groups in total. The van der Waals surface area contributed by atoms with E-state index in [9.17, 15) is 0 Å². The van der Waals surface area contributed by atoms with Gasteiger partial charge in [0.05, 0.1) is 0 Å². The van der Waals surface area contributed by atoms with E-state index < -0.39 is 0 Å². The van der Waals surface area contributed by atoms with Crippen molar-refractivity contribution in [1.82, 2.24) is 0 Å². The molecule has 8 aromatic carbocycles. The molecule has 0 bridgehead atoms. The first-order chi connectivity index (χ1) is 27.7. The maximum atomic E-state index is 3.66. The fourth-order valence-electron chi connectivity index (χ4n) is 7.83. The molecule has 2 heteroatoms. The minimum absolute atomic E-state index is 0.184. The second-order valence-corrected chi connectivity index (χ2v) is 14.3. The van der Waals surface area contributed by atoms with E-state index in [0.29, 0.717) is 0 Å². The van der Waals surface area contributed by atoms with Crippen LogP contribution in [-0.2, 0) is 5.41 Å². The van der Waals surface area contributed by atoms with Gasteiger partial charge in [-0.2, -0.15) is 0 Å². The predicted molar refractivity (Wildman–Crippen MR) is 237 cm³/mol. The van der Waals surface area contributed by atoms with Crippen LogP contribution in [0.5, 0.6) is 0 Å². The van der Waals surface area contributed by atoms with Crippen molar-refractivity contribution in [2.45, 2.75) is 11.8 Å². The highest BCUT2D eigenvalue weighted by molar-refractivity contribution is 5.81. The topological polar surface area (TPSA) is 15.3 Å². The first-order valence-electron chi connectivity index (χ1n) is 19.3. The largest absolute Gasteiger partial charge is 0.356 e. The molecule has 1 aliphatic rings. The highest BCUT2D eigenvalue weighted by Crippen LogP contribution is 2.41. The number of rotatable bonds is 10. The van der Waals surface area contributed by atoms with Crippen molar-refractivity contribution in [3.8, 4) is 33.4 Å². The quantitative estimate of drug-likeness (QED) is 0.151. The van der Waals surface area contributed by atoms with E-state index in [1.54, 1.807) is 0 Å². The Bertz CT molecular complexity index is 2430. The number of hydrogen-bond donors (Lipinski definition) is 1. The molecule has 0 aromatic heterocycles.